The summed E-state index contributed by atoms with van der Waals surface area (Å²) in [6.07, 6.45) is 0.545. The third-order valence-corrected chi connectivity index (χ3v) is 2.62. The molecule has 1 nitrogen and oxygen atoms in total. The maximum absolute atomic E-state index is 8.67. The van der Waals surface area contributed by atoms with Gasteiger partial charge in [0.1, 0.15) is 0 Å². The van der Waals surface area contributed by atoms with Gasteiger partial charge in [-0.15, -0.1) is 0 Å². The summed E-state index contributed by atoms with van der Waals surface area (Å²) in [5, 5.41) is 8.67. The van der Waals surface area contributed by atoms with Crippen molar-refractivity contribution < 1.29 is 0 Å². The van der Waals surface area contributed by atoms with E-state index in [9.17, 15) is 0 Å². The number of benzene rings is 1. The molecule has 0 amide bonds. The second-order valence-corrected chi connectivity index (χ2v) is 4.64. The van der Waals surface area contributed by atoms with Crippen LogP contribution in [0.5, 0.6) is 0 Å². The van der Waals surface area contributed by atoms with Gasteiger partial charge in [-0.25, -0.2) is 0 Å². The lowest BCUT2D eigenvalue weighted by atomic mass is 9.82. The summed E-state index contributed by atoms with van der Waals surface area (Å²) in [5.74, 6) is 0. The fourth-order valence-corrected chi connectivity index (χ4v) is 1.61. The topological polar surface area (TPSA) is 23.8 Å². The Morgan fingerprint density at radius 2 is 2.15 bits per heavy atom. The highest BCUT2D eigenvalue weighted by atomic mass is 79.9. The largest absolute Gasteiger partial charge is 0.198 e. The maximum atomic E-state index is 8.67. The van der Waals surface area contributed by atoms with E-state index in [1.807, 2.05) is 12.1 Å². The molecule has 0 fully saturated rings. The van der Waals surface area contributed by atoms with Crippen LogP contribution in [0.1, 0.15) is 25.8 Å². The lowest BCUT2D eigenvalue weighted by molar-refractivity contribution is 0.539. The lowest BCUT2D eigenvalue weighted by Crippen LogP contribution is -2.15. The average molecular weight is 238 g/mol. The Balaban J connectivity index is 3.01. The molecule has 0 bridgehead atoms. The number of nitrogens with zero attached hydrogens (tertiary/aromatic N) is 1. The van der Waals surface area contributed by atoms with Crippen LogP contribution in [0.2, 0.25) is 0 Å². The van der Waals surface area contributed by atoms with Crippen molar-refractivity contribution in [3.63, 3.8) is 0 Å². The van der Waals surface area contributed by atoms with Gasteiger partial charge in [-0.05, 0) is 17.7 Å². The number of nitriles is 1. The van der Waals surface area contributed by atoms with E-state index in [2.05, 4.69) is 48.0 Å². The third kappa shape index (κ3) is 2.57. The monoisotopic (exact) mass is 237 g/mol. The predicted octanol–water partition coefficient (Wildman–Crippen LogP) is 3.64. The van der Waals surface area contributed by atoms with Crippen LogP contribution < -0.4 is 0 Å². The molecule has 0 saturated carbocycles. The van der Waals surface area contributed by atoms with Gasteiger partial charge in [0.15, 0.2) is 0 Å². The fourth-order valence-electron chi connectivity index (χ4n) is 1.21. The standard InChI is InChI=1S/C11H12BrN/c1-11(2,6-7-13)9-4-3-5-10(12)8-9/h3-5,8H,6H2,1-2H3. The molecule has 68 valence electrons. The zero-order valence-electron chi connectivity index (χ0n) is 7.84. The Morgan fingerprint density at radius 1 is 1.46 bits per heavy atom. The van der Waals surface area contributed by atoms with Crippen LogP contribution in [0.25, 0.3) is 0 Å². The Morgan fingerprint density at radius 3 is 2.69 bits per heavy atom. The van der Waals surface area contributed by atoms with E-state index in [1.54, 1.807) is 0 Å². The molecule has 13 heavy (non-hydrogen) atoms. The summed E-state index contributed by atoms with van der Waals surface area (Å²) < 4.78 is 1.07. The minimum Gasteiger partial charge on any atom is -0.198 e. The van der Waals surface area contributed by atoms with E-state index in [0.717, 1.165) is 4.47 Å². The molecule has 2 heteroatoms. The maximum Gasteiger partial charge on any atom is 0.0630 e. The van der Waals surface area contributed by atoms with Gasteiger partial charge in [-0.1, -0.05) is 41.9 Å². The van der Waals surface area contributed by atoms with Crippen molar-refractivity contribution in [2.75, 3.05) is 0 Å². The molecule has 0 aliphatic heterocycles. The first-order valence-electron chi connectivity index (χ1n) is 4.19. The zero-order chi connectivity index (χ0) is 9.90. The molecule has 0 aliphatic rings. The summed E-state index contributed by atoms with van der Waals surface area (Å²) in [4.78, 5) is 0. The lowest BCUT2D eigenvalue weighted by Gasteiger charge is -2.21. The minimum atomic E-state index is -0.0570. The Labute approximate surface area is 87.5 Å². The van der Waals surface area contributed by atoms with Crippen molar-refractivity contribution in [1.29, 1.82) is 5.26 Å². The van der Waals surface area contributed by atoms with Crippen molar-refractivity contribution in [3.8, 4) is 6.07 Å². The average Bonchev–Trinajstić information content (AvgIpc) is 2.04. The number of hydrogen-bond donors (Lipinski definition) is 0. The molecule has 0 atom stereocenters. The molecule has 0 aromatic heterocycles. The zero-order valence-corrected chi connectivity index (χ0v) is 9.43. The van der Waals surface area contributed by atoms with E-state index in [-0.39, 0.29) is 5.41 Å². The van der Waals surface area contributed by atoms with Gasteiger partial charge in [0.05, 0.1) is 6.07 Å². The van der Waals surface area contributed by atoms with Crippen LogP contribution in [0.4, 0.5) is 0 Å². The van der Waals surface area contributed by atoms with Crippen LogP contribution in [0.15, 0.2) is 28.7 Å². The molecule has 1 aromatic rings. The highest BCUT2D eigenvalue weighted by Crippen LogP contribution is 2.28. The van der Waals surface area contributed by atoms with Gasteiger partial charge >= 0.3 is 0 Å². The molecule has 0 aliphatic carbocycles. The van der Waals surface area contributed by atoms with Crippen molar-refractivity contribution in [1.82, 2.24) is 0 Å². The Kier molecular flexibility index (Phi) is 3.11. The first-order chi connectivity index (χ1) is 6.06. The number of halogens is 1. The van der Waals surface area contributed by atoms with Crippen LogP contribution in [0, 0.1) is 11.3 Å². The summed E-state index contributed by atoms with van der Waals surface area (Å²) in [6.45, 7) is 4.16. The van der Waals surface area contributed by atoms with E-state index >= 15 is 0 Å². The molecular formula is C11H12BrN. The second-order valence-electron chi connectivity index (χ2n) is 3.73. The van der Waals surface area contributed by atoms with Gasteiger partial charge in [0, 0.05) is 16.3 Å². The fraction of sp³-hybridized carbons (Fsp3) is 0.364. The first-order valence-corrected chi connectivity index (χ1v) is 4.98. The highest BCUT2D eigenvalue weighted by Gasteiger charge is 2.19. The molecule has 1 rings (SSSR count). The van der Waals surface area contributed by atoms with E-state index in [0.29, 0.717) is 6.42 Å². The molecular weight excluding hydrogens is 226 g/mol. The number of rotatable bonds is 2. The SMILES string of the molecule is CC(C)(CC#N)c1cccc(Br)c1. The molecule has 0 unspecified atom stereocenters. The van der Waals surface area contributed by atoms with Gasteiger partial charge < -0.3 is 0 Å². The summed E-state index contributed by atoms with van der Waals surface area (Å²) in [7, 11) is 0. The van der Waals surface area contributed by atoms with Gasteiger partial charge in [0.2, 0.25) is 0 Å². The second kappa shape index (κ2) is 3.93. The van der Waals surface area contributed by atoms with Crippen LogP contribution in [-0.4, -0.2) is 0 Å². The summed E-state index contributed by atoms with van der Waals surface area (Å²) >= 11 is 3.42. The molecule has 0 radical (unpaired) electrons. The normalized spacial score (nSPS) is 10.9. The smallest absolute Gasteiger partial charge is 0.0630 e. The highest BCUT2D eigenvalue weighted by molar-refractivity contribution is 9.10. The van der Waals surface area contributed by atoms with Gasteiger partial charge in [0.25, 0.3) is 0 Å². The van der Waals surface area contributed by atoms with Crippen molar-refractivity contribution in [2.45, 2.75) is 25.7 Å². The van der Waals surface area contributed by atoms with Crippen molar-refractivity contribution >= 4 is 15.9 Å². The van der Waals surface area contributed by atoms with E-state index < -0.39 is 0 Å². The Hall–Kier alpha value is -0.810. The summed E-state index contributed by atoms with van der Waals surface area (Å²) in [5.41, 5.74) is 1.14. The molecule has 0 heterocycles. The minimum absolute atomic E-state index is 0.0570. The van der Waals surface area contributed by atoms with Crippen LogP contribution >= 0.6 is 15.9 Å². The quantitative estimate of drug-likeness (QED) is 0.771. The van der Waals surface area contributed by atoms with Crippen molar-refractivity contribution in [2.24, 2.45) is 0 Å². The van der Waals surface area contributed by atoms with E-state index in [4.69, 9.17) is 5.26 Å². The van der Waals surface area contributed by atoms with E-state index in [1.165, 1.54) is 5.56 Å². The van der Waals surface area contributed by atoms with Crippen LogP contribution in [0.3, 0.4) is 0 Å². The van der Waals surface area contributed by atoms with Crippen molar-refractivity contribution in [3.05, 3.63) is 34.3 Å². The first kappa shape index (κ1) is 10.3. The van der Waals surface area contributed by atoms with Crippen LogP contribution in [-0.2, 0) is 5.41 Å². The molecule has 0 spiro atoms. The number of hydrogen-bond acceptors (Lipinski definition) is 1. The summed E-state index contributed by atoms with van der Waals surface area (Å²) in [6, 6.07) is 10.3. The molecule has 0 saturated heterocycles. The predicted molar refractivity (Wildman–Crippen MR) is 57.4 cm³/mol. The Bertz CT molecular complexity index is 336. The van der Waals surface area contributed by atoms with Gasteiger partial charge in [-0.3, -0.25) is 0 Å². The molecule has 1 aromatic carbocycles. The third-order valence-electron chi connectivity index (χ3n) is 2.13. The molecule has 0 N–H and O–H groups in total. The van der Waals surface area contributed by atoms with Gasteiger partial charge in [-0.2, -0.15) is 5.26 Å².